The van der Waals surface area contributed by atoms with Gasteiger partial charge in [0.25, 0.3) is 0 Å². The number of thiophene rings is 1. The number of aryl methyl sites for hydroxylation is 2. The van der Waals surface area contributed by atoms with Crippen LogP contribution in [0.1, 0.15) is 62.1 Å². The average Bonchev–Trinajstić information content (AvgIpc) is 3.35. The first kappa shape index (κ1) is 35.4. The van der Waals surface area contributed by atoms with Gasteiger partial charge in [0, 0.05) is 28.5 Å². The Hall–Kier alpha value is -1.76. The number of carbonyl (C=O) groups excluding carboxylic acids is 2. The Balaban J connectivity index is 1.86. The average molecular weight is 634 g/mol. The van der Waals surface area contributed by atoms with Crippen LogP contribution in [0.2, 0.25) is 5.02 Å². The van der Waals surface area contributed by atoms with Crippen molar-refractivity contribution in [3.8, 4) is 0 Å². The topological polar surface area (TPSA) is 141 Å². The van der Waals surface area contributed by atoms with Crippen LogP contribution in [0.15, 0.2) is 30.4 Å². The molecule has 1 aromatic heterocycles. The second kappa shape index (κ2) is 15.6. The van der Waals surface area contributed by atoms with Gasteiger partial charge in [-0.3, -0.25) is 9.59 Å². The lowest BCUT2D eigenvalue weighted by atomic mass is 9.89. The van der Waals surface area contributed by atoms with Crippen LogP contribution in [0, 0.1) is 24.2 Å². The summed E-state index contributed by atoms with van der Waals surface area (Å²) in [7, 11) is -2.66. The Kier molecular flexibility index (Phi) is 13.5. The summed E-state index contributed by atoms with van der Waals surface area (Å²) in [5.41, 5.74) is -1.18. The zero-order chi connectivity index (χ0) is 31.0. The molecule has 0 unspecified atom stereocenters. The van der Waals surface area contributed by atoms with Crippen molar-refractivity contribution >= 4 is 44.8 Å². The van der Waals surface area contributed by atoms with Gasteiger partial charge >= 0.3 is 5.97 Å². The van der Waals surface area contributed by atoms with Crippen LogP contribution >= 0.6 is 22.9 Å². The maximum absolute atomic E-state index is 12.7. The first-order chi connectivity index (χ1) is 19.1. The Morgan fingerprint density at radius 2 is 1.95 bits per heavy atom. The summed E-state index contributed by atoms with van der Waals surface area (Å²) in [4.78, 5) is 26.8. The number of rotatable bonds is 15. The molecule has 0 bridgehead atoms. The van der Waals surface area contributed by atoms with E-state index in [2.05, 4.69) is 0 Å². The number of aliphatic hydroxyl groups excluding tert-OH is 3. The summed E-state index contributed by atoms with van der Waals surface area (Å²) in [5.74, 6) is -1.71. The minimum atomic E-state index is -3.87. The largest absolute Gasteiger partial charge is 0.469 e. The number of sulfonamides is 1. The van der Waals surface area contributed by atoms with E-state index in [0.29, 0.717) is 32.1 Å². The minimum absolute atomic E-state index is 0.0140. The number of halogens is 1. The number of unbranched alkanes of at least 4 members (excludes halogenated alkanes) is 1. The smallest absolute Gasteiger partial charge is 0.313 e. The summed E-state index contributed by atoms with van der Waals surface area (Å²) in [6, 6.07) is 1.92. The standard InChI is InChI=1S/C29H44ClNO8S2/c1-19-24(30)16-21(40-19)14-12-20(32)13-15-23-22(25(33)17-26(23)34)10-8-6-7-9-11-27(35)31(41(5,37)38)18-29(2,3)28(36)39-4/h6,8,13,15-16,20,22-23,25-26,32-34H,7,9-12,14,17-18H2,1-5H3/b8-6+,15-13+/t20-,22+,23+,25-,26+/m0/s1. The van der Waals surface area contributed by atoms with Crippen LogP contribution in [-0.2, 0) is 30.8 Å². The maximum atomic E-state index is 12.7. The predicted molar refractivity (Wildman–Crippen MR) is 161 cm³/mol. The van der Waals surface area contributed by atoms with Gasteiger partial charge in [-0.2, -0.15) is 0 Å². The number of allylic oxidation sites excluding steroid dienone is 2. The molecule has 0 radical (unpaired) electrons. The molecule has 1 aliphatic carbocycles. The highest BCUT2D eigenvalue weighted by Crippen LogP contribution is 2.36. The Labute approximate surface area is 252 Å². The fraction of sp³-hybridized carbons (Fsp3) is 0.655. The molecule has 5 atom stereocenters. The van der Waals surface area contributed by atoms with Crippen molar-refractivity contribution in [1.82, 2.24) is 4.31 Å². The van der Waals surface area contributed by atoms with Gasteiger partial charge in [0.2, 0.25) is 15.9 Å². The van der Waals surface area contributed by atoms with Crippen molar-refractivity contribution in [1.29, 1.82) is 0 Å². The van der Waals surface area contributed by atoms with Gasteiger partial charge in [-0.15, -0.1) is 11.3 Å². The molecule has 2 rings (SSSR count). The molecule has 1 amide bonds. The van der Waals surface area contributed by atoms with Crippen molar-refractivity contribution in [2.75, 3.05) is 19.9 Å². The van der Waals surface area contributed by atoms with Crippen LogP contribution in [-0.4, -0.2) is 78.1 Å². The van der Waals surface area contributed by atoms with Gasteiger partial charge in [-0.1, -0.05) is 35.9 Å². The van der Waals surface area contributed by atoms with E-state index in [1.54, 1.807) is 23.5 Å². The highest BCUT2D eigenvalue weighted by Gasteiger charge is 2.39. The second-order valence-corrected chi connectivity index (χ2v) is 15.0. The molecule has 0 saturated heterocycles. The molecule has 41 heavy (non-hydrogen) atoms. The summed E-state index contributed by atoms with van der Waals surface area (Å²) in [6.45, 7) is 4.69. The van der Waals surface area contributed by atoms with E-state index in [4.69, 9.17) is 16.3 Å². The van der Waals surface area contributed by atoms with Gasteiger partial charge in [-0.25, -0.2) is 12.7 Å². The van der Waals surface area contributed by atoms with Gasteiger partial charge in [-0.05, 0) is 64.9 Å². The Morgan fingerprint density at radius 1 is 1.27 bits per heavy atom. The van der Waals surface area contributed by atoms with E-state index in [1.807, 2.05) is 25.1 Å². The number of ether oxygens (including phenoxy) is 1. The highest BCUT2D eigenvalue weighted by atomic mass is 35.5. The van der Waals surface area contributed by atoms with Crippen LogP contribution in [0.4, 0.5) is 0 Å². The second-order valence-electron chi connectivity index (χ2n) is 11.4. The van der Waals surface area contributed by atoms with Gasteiger partial charge < -0.3 is 20.1 Å². The lowest BCUT2D eigenvalue weighted by Gasteiger charge is -2.29. The Morgan fingerprint density at radius 3 is 2.54 bits per heavy atom. The van der Waals surface area contributed by atoms with Crippen LogP contribution in [0.5, 0.6) is 0 Å². The van der Waals surface area contributed by atoms with E-state index in [-0.39, 0.29) is 31.2 Å². The molecular weight excluding hydrogens is 590 g/mol. The highest BCUT2D eigenvalue weighted by molar-refractivity contribution is 7.88. The molecular formula is C29H44ClNO8S2. The van der Waals surface area contributed by atoms with Crippen molar-refractivity contribution in [2.24, 2.45) is 17.3 Å². The summed E-state index contributed by atoms with van der Waals surface area (Å²) in [6.07, 6.45) is 9.00. The van der Waals surface area contributed by atoms with Crippen molar-refractivity contribution in [3.05, 3.63) is 45.1 Å². The zero-order valence-corrected chi connectivity index (χ0v) is 26.8. The van der Waals surface area contributed by atoms with Gasteiger partial charge in [0.15, 0.2) is 0 Å². The molecule has 1 saturated carbocycles. The van der Waals surface area contributed by atoms with Crippen LogP contribution < -0.4 is 0 Å². The number of hydrogen-bond acceptors (Lipinski definition) is 9. The predicted octanol–water partition coefficient (Wildman–Crippen LogP) is 4.02. The normalized spacial score (nSPS) is 22.5. The van der Waals surface area contributed by atoms with Crippen LogP contribution in [0.25, 0.3) is 0 Å². The Bertz CT molecular complexity index is 1170. The molecule has 0 aromatic carbocycles. The number of methoxy groups -OCH3 is 1. The first-order valence-electron chi connectivity index (χ1n) is 13.8. The zero-order valence-electron chi connectivity index (χ0n) is 24.5. The molecule has 232 valence electrons. The van der Waals surface area contributed by atoms with E-state index >= 15 is 0 Å². The van der Waals surface area contributed by atoms with E-state index < -0.39 is 45.6 Å². The molecule has 0 spiro atoms. The molecule has 3 N–H and O–H groups in total. The number of aliphatic hydroxyl groups is 3. The summed E-state index contributed by atoms with van der Waals surface area (Å²) in [5, 5.41) is 32.1. The lowest BCUT2D eigenvalue weighted by Crippen LogP contribution is -2.45. The van der Waals surface area contributed by atoms with E-state index in [9.17, 15) is 33.3 Å². The molecule has 1 aromatic rings. The monoisotopic (exact) mass is 633 g/mol. The number of carbonyl (C=O) groups is 2. The quantitative estimate of drug-likeness (QED) is 0.149. The number of hydrogen-bond donors (Lipinski definition) is 3. The van der Waals surface area contributed by atoms with Gasteiger partial charge in [0.05, 0.1) is 48.7 Å². The molecule has 9 nitrogen and oxygen atoms in total. The molecule has 0 aliphatic heterocycles. The minimum Gasteiger partial charge on any atom is -0.469 e. The lowest BCUT2D eigenvalue weighted by molar-refractivity contribution is -0.151. The van der Waals surface area contributed by atoms with E-state index in [1.165, 1.54) is 21.0 Å². The maximum Gasteiger partial charge on any atom is 0.313 e. The number of nitrogens with zero attached hydrogens (tertiary/aromatic N) is 1. The molecule has 12 heteroatoms. The fourth-order valence-electron chi connectivity index (χ4n) is 4.95. The molecule has 1 aliphatic rings. The third kappa shape index (κ3) is 10.8. The number of esters is 1. The van der Waals surface area contributed by atoms with Gasteiger partial charge in [0.1, 0.15) is 0 Å². The van der Waals surface area contributed by atoms with Crippen molar-refractivity contribution in [3.63, 3.8) is 0 Å². The third-order valence-corrected chi connectivity index (χ3v) is 10.1. The van der Waals surface area contributed by atoms with Crippen molar-refractivity contribution < 1.29 is 38.1 Å². The van der Waals surface area contributed by atoms with E-state index in [0.717, 1.165) is 25.3 Å². The molecule has 1 heterocycles. The number of amides is 1. The fourth-order valence-corrected chi connectivity index (χ4v) is 7.22. The SMILES string of the molecule is COC(=O)C(C)(C)CN(C(=O)CCC/C=C/C[C@@H]1[C@@H](/C=C/[C@@H](O)CCc2cc(Cl)c(C)s2)[C@H](O)C[C@@H]1O)S(C)(=O)=O. The summed E-state index contributed by atoms with van der Waals surface area (Å²) < 4.78 is 29.9. The third-order valence-electron chi connectivity index (χ3n) is 7.36. The van der Waals surface area contributed by atoms with Crippen molar-refractivity contribution in [2.45, 2.75) is 84.0 Å². The molecule has 1 fully saturated rings. The summed E-state index contributed by atoms with van der Waals surface area (Å²) >= 11 is 7.72. The van der Waals surface area contributed by atoms with Crippen LogP contribution in [0.3, 0.4) is 0 Å². The first-order valence-corrected chi connectivity index (χ1v) is 16.8.